The minimum absolute atomic E-state index is 0.00974. The molecule has 1 aliphatic heterocycles. The first-order valence-electron chi connectivity index (χ1n) is 9.12. The molecule has 2 aromatic rings. The molecule has 0 bridgehead atoms. The van der Waals surface area contributed by atoms with Crippen molar-refractivity contribution in [1.29, 1.82) is 0 Å². The lowest BCUT2D eigenvalue weighted by atomic mass is 9.96. The summed E-state index contributed by atoms with van der Waals surface area (Å²) in [7, 11) is 0. The summed E-state index contributed by atoms with van der Waals surface area (Å²) in [6, 6.07) is 7.02. The number of carbonyl (C=O) groups is 2. The zero-order valence-corrected chi connectivity index (χ0v) is 15.4. The largest absolute Gasteiger partial charge is 0.335 e. The summed E-state index contributed by atoms with van der Waals surface area (Å²) in [5.74, 6) is 1.71. The highest BCUT2D eigenvalue weighted by atomic mass is 16.2. The van der Waals surface area contributed by atoms with Gasteiger partial charge in [-0.15, -0.1) is 0 Å². The van der Waals surface area contributed by atoms with Crippen molar-refractivity contribution in [3.8, 4) is 0 Å². The molecule has 0 spiro atoms. The van der Waals surface area contributed by atoms with Crippen LogP contribution in [0.1, 0.15) is 35.9 Å². The monoisotopic (exact) mass is 354 g/mol. The van der Waals surface area contributed by atoms with Gasteiger partial charge in [0.2, 0.25) is 5.91 Å². The number of hydrogen-bond acceptors (Lipinski definition) is 4. The van der Waals surface area contributed by atoms with Gasteiger partial charge in [-0.1, -0.05) is 0 Å². The van der Waals surface area contributed by atoms with Crippen LogP contribution in [0.5, 0.6) is 0 Å². The van der Waals surface area contributed by atoms with Crippen LogP contribution in [0.15, 0.2) is 36.7 Å². The van der Waals surface area contributed by atoms with Gasteiger partial charge in [-0.2, -0.15) is 0 Å². The second-order valence-electron chi connectivity index (χ2n) is 7.03. The van der Waals surface area contributed by atoms with Crippen LogP contribution in [0.4, 0.5) is 5.69 Å². The molecule has 26 heavy (non-hydrogen) atoms. The molecule has 6 heteroatoms. The van der Waals surface area contributed by atoms with Gasteiger partial charge < -0.3 is 9.88 Å². The van der Waals surface area contributed by atoms with Crippen molar-refractivity contribution >= 4 is 17.4 Å². The number of rotatable bonds is 6. The predicted molar refractivity (Wildman–Crippen MR) is 101 cm³/mol. The van der Waals surface area contributed by atoms with Crippen LogP contribution >= 0.6 is 0 Å². The summed E-state index contributed by atoms with van der Waals surface area (Å²) in [4.78, 5) is 30.0. The highest BCUT2D eigenvalue weighted by Crippen LogP contribution is 2.19. The van der Waals surface area contributed by atoms with E-state index in [1.54, 1.807) is 24.3 Å². The summed E-state index contributed by atoms with van der Waals surface area (Å²) in [5, 5.41) is 2.91. The number of imidazole rings is 1. The number of amides is 1. The lowest BCUT2D eigenvalue weighted by Crippen LogP contribution is -2.40. The van der Waals surface area contributed by atoms with E-state index in [-0.39, 0.29) is 11.7 Å². The maximum atomic E-state index is 12.2. The number of likely N-dealkylation sites (tertiary alicyclic amines) is 1. The lowest BCUT2D eigenvalue weighted by molar-refractivity contribution is -0.117. The van der Waals surface area contributed by atoms with Gasteiger partial charge in [-0.3, -0.25) is 14.5 Å². The fourth-order valence-corrected chi connectivity index (χ4v) is 3.39. The van der Waals surface area contributed by atoms with E-state index in [0.717, 1.165) is 44.0 Å². The van der Waals surface area contributed by atoms with E-state index in [4.69, 9.17) is 0 Å². The number of hydrogen-bond donors (Lipinski definition) is 1. The van der Waals surface area contributed by atoms with Crippen molar-refractivity contribution in [2.24, 2.45) is 5.92 Å². The smallest absolute Gasteiger partial charge is 0.238 e. The van der Waals surface area contributed by atoms with Crippen LogP contribution in [0.2, 0.25) is 0 Å². The topological polar surface area (TPSA) is 67.2 Å². The number of ketones is 1. The minimum atomic E-state index is -0.00974. The minimum Gasteiger partial charge on any atom is -0.335 e. The second-order valence-corrected chi connectivity index (χ2v) is 7.03. The zero-order chi connectivity index (χ0) is 18.5. The molecule has 1 aromatic heterocycles. The molecule has 138 valence electrons. The van der Waals surface area contributed by atoms with Gasteiger partial charge in [-0.05, 0) is 70.0 Å². The molecular formula is C20H26N4O2. The Hall–Kier alpha value is -2.47. The first kappa shape index (κ1) is 18.3. The van der Waals surface area contributed by atoms with Crippen molar-refractivity contribution in [2.45, 2.75) is 33.2 Å². The van der Waals surface area contributed by atoms with Crippen molar-refractivity contribution in [3.63, 3.8) is 0 Å². The van der Waals surface area contributed by atoms with Gasteiger partial charge >= 0.3 is 0 Å². The van der Waals surface area contributed by atoms with E-state index in [2.05, 4.69) is 19.8 Å². The van der Waals surface area contributed by atoms with Gasteiger partial charge in [-0.25, -0.2) is 4.98 Å². The summed E-state index contributed by atoms with van der Waals surface area (Å²) in [6.07, 6.45) is 6.07. The maximum absolute atomic E-state index is 12.2. The number of benzene rings is 1. The average Bonchev–Trinajstić information content (AvgIpc) is 3.02. The molecule has 1 saturated heterocycles. The van der Waals surface area contributed by atoms with Crippen molar-refractivity contribution < 1.29 is 9.59 Å². The van der Waals surface area contributed by atoms with Crippen LogP contribution in [0, 0.1) is 12.8 Å². The van der Waals surface area contributed by atoms with Gasteiger partial charge in [0.25, 0.3) is 0 Å². The number of Topliss-reactive ketones (excluding diaryl/α,β-unsaturated/α-hetero) is 1. The molecule has 1 aromatic carbocycles. The molecule has 0 saturated carbocycles. The first-order chi connectivity index (χ1) is 12.5. The lowest BCUT2D eigenvalue weighted by Gasteiger charge is -2.31. The molecule has 2 heterocycles. The maximum Gasteiger partial charge on any atom is 0.238 e. The van der Waals surface area contributed by atoms with Crippen molar-refractivity contribution in [2.75, 3.05) is 25.0 Å². The Morgan fingerprint density at radius 3 is 2.46 bits per heavy atom. The van der Waals surface area contributed by atoms with Crippen LogP contribution in [0.3, 0.4) is 0 Å². The second kappa shape index (κ2) is 8.27. The number of nitrogens with zero attached hydrogens (tertiary/aromatic N) is 3. The van der Waals surface area contributed by atoms with E-state index >= 15 is 0 Å². The SMILES string of the molecule is CC(=O)c1ccc(NC(=O)CN2CCC(Cn3ccnc3C)CC2)cc1. The van der Waals surface area contributed by atoms with Crippen LogP contribution in [0.25, 0.3) is 0 Å². The number of aryl methyl sites for hydroxylation is 1. The summed E-state index contributed by atoms with van der Waals surface area (Å²) in [6.45, 7) is 6.86. The van der Waals surface area contributed by atoms with Gasteiger partial charge in [0.1, 0.15) is 5.82 Å². The molecule has 0 unspecified atom stereocenters. The Balaban J connectivity index is 1.43. The van der Waals surface area contributed by atoms with Crippen molar-refractivity contribution in [1.82, 2.24) is 14.5 Å². The van der Waals surface area contributed by atoms with Gasteiger partial charge in [0, 0.05) is 30.2 Å². The number of nitrogens with one attached hydrogen (secondary N) is 1. The number of piperidine rings is 1. The third kappa shape index (κ3) is 4.79. The van der Waals surface area contributed by atoms with Crippen LogP contribution < -0.4 is 5.32 Å². The highest BCUT2D eigenvalue weighted by Gasteiger charge is 2.21. The molecule has 0 radical (unpaired) electrons. The standard InChI is InChI=1S/C20H26N4O2/c1-15(25)18-3-5-19(6-4-18)22-20(26)14-23-10-7-17(8-11-23)13-24-12-9-21-16(24)2/h3-6,9,12,17H,7-8,10-11,13-14H2,1-2H3,(H,22,26). The Labute approximate surface area is 154 Å². The summed E-state index contributed by atoms with van der Waals surface area (Å²) < 4.78 is 2.21. The first-order valence-corrected chi connectivity index (χ1v) is 9.12. The third-order valence-electron chi connectivity index (χ3n) is 5.03. The summed E-state index contributed by atoms with van der Waals surface area (Å²) >= 11 is 0. The average molecular weight is 354 g/mol. The fraction of sp³-hybridized carbons (Fsp3) is 0.450. The molecule has 1 amide bonds. The molecule has 1 fully saturated rings. The number of carbonyl (C=O) groups excluding carboxylic acids is 2. The highest BCUT2D eigenvalue weighted by molar-refractivity contribution is 5.96. The van der Waals surface area contributed by atoms with E-state index in [9.17, 15) is 9.59 Å². The molecule has 3 rings (SSSR count). The van der Waals surface area contributed by atoms with E-state index in [1.165, 1.54) is 6.92 Å². The van der Waals surface area contributed by atoms with E-state index in [0.29, 0.717) is 18.0 Å². The Kier molecular flexibility index (Phi) is 5.83. The van der Waals surface area contributed by atoms with Gasteiger partial charge in [0.15, 0.2) is 5.78 Å². The van der Waals surface area contributed by atoms with Crippen LogP contribution in [-0.2, 0) is 11.3 Å². The molecular weight excluding hydrogens is 328 g/mol. The third-order valence-corrected chi connectivity index (χ3v) is 5.03. The van der Waals surface area contributed by atoms with Crippen LogP contribution in [-0.4, -0.2) is 45.8 Å². The van der Waals surface area contributed by atoms with Gasteiger partial charge in [0.05, 0.1) is 6.54 Å². The molecule has 6 nitrogen and oxygen atoms in total. The van der Waals surface area contributed by atoms with E-state index in [1.807, 2.05) is 19.3 Å². The van der Waals surface area contributed by atoms with Crippen molar-refractivity contribution in [3.05, 3.63) is 48.0 Å². The Morgan fingerprint density at radius 1 is 1.19 bits per heavy atom. The Morgan fingerprint density at radius 2 is 1.88 bits per heavy atom. The van der Waals surface area contributed by atoms with E-state index < -0.39 is 0 Å². The Bertz CT molecular complexity index is 758. The molecule has 1 N–H and O–H groups in total. The number of aromatic nitrogens is 2. The fourth-order valence-electron chi connectivity index (χ4n) is 3.39. The normalized spacial score (nSPS) is 15.8. The quantitative estimate of drug-likeness (QED) is 0.810. The molecule has 1 aliphatic rings. The molecule has 0 aliphatic carbocycles. The predicted octanol–water partition coefficient (Wildman–Crippen LogP) is 2.74. The molecule has 0 atom stereocenters. The number of anilines is 1. The summed E-state index contributed by atoms with van der Waals surface area (Å²) in [5.41, 5.74) is 1.38. The zero-order valence-electron chi connectivity index (χ0n) is 15.4.